The molecule has 1 spiro atoms. The van der Waals surface area contributed by atoms with Crippen molar-refractivity contribution < 1.29 is 53.3 Å². The normalized spacial score (nSPS) is 21.2. The maximum Gasteiger partial charge on any atom is 0.421 e. The van der Waals surface area contributed by atoms with Crippen molar-refractivity contribution in [3.63, 3.8) is 0 Å². The van der Waals surface area contributed by atoms with Gasteiger partial charge in [0.05, 0.1) is 47.9 Å². The van der Waals surface area contributed by atoms with E-state index in [9.17, 15) is 29.9 Å². The number of rotatable bonds is 14. The molecular formula is C55H48N6O12. The molecule has 18 nitrogen and oxygen atoms in total. The number of esters is 1. The van der Waals surface area contributed by atoms with Gasteiger partial charge in [0.2, 0.25) is 11.8 Å². The summed E-state index contributed by atoms with van der Waals surface area (Å²) in [4.78, 5) is 87.8. The van der Waals surface area contributed by atoms with Crippen molar-refractivity contribution in [2.24, 2.45) is 11.7 Å². The first-order chi connectivity index (χ1) is 35.4. The zero-order valence-electron chi connectivity index (χ0n) is 38.9. The lowest BCUT2D eigenvalue weighted by atomic mass is 9.65. The third-order valence-corrected chi connectivity index (χ3v) is 13.2. The molecule has 0 aromatic heterocycles. The molecule has 2 saturated heterocycles. The summed E-state index contributed by atoms with van der Waals surface area (Å²) in [6.45, 7) is -1.55. The van der Waals surface area contributed by atoms with Crippen molar-refractivity contribution in [3.8, 4) is 17.6 Å². The van der Waals surface area contributed by atoms with Crippen molar-refractivity contribution >= 4 is 41.3 Å². The standard InChI is InChI=1S/C55H48N6O12/c56-53(67)57-28-12-13-34-24-27-42-41(31-34)55(52(66)59(42)54(68)72-33-35-22-25-39(26-23-35)61(69)70)45(50(64)58-32-43(63)36-14-4-1-5-15-36)47-51(65)73-48(38-18-8-3-9-19-38)46(37-16-6-2-7-17-37)60(47)49(55)40-20-10-11-21-44(40)71-30-29-62/h1-11,14-27,31,43,45-49,62-63H,28-30,32-33H2,(H,58,64)(H3,56,57,67)/t43-,45-,46-,47-,48+,49+,55-/m0/s1. The first-order valence-electron chi connectivity index (χ1n) is 23.3. The number of hydrogen-bond donors (Lipinski definition) is 5. The Morgan fingerprint density at radius 1 is 0.836 bits per heavy atom. The van der Waals surface area contributed by atoms with Crippen molar-refractivity contribution in [3.05, 3.63) is 207 Å². The average Bonchev–Trinajstić information content (AvgIpc) is 3.92. The molecule has 3 aliphatic heterocycles. The third-order valence-electron chi connectivity index (χ3n) is 13.2. The summed E-state index contributed by atoms with van der Waals surface area (Å²) < 4.78 is 18.6. The number of nitro groups is 1. The van der Waals surface area contributed by atoms with Gasteiger partial charge in [-0.2, -0.15) is 0 Å². The molecule has 0 bridgehead atoms. The minimum absolute atomic E-state index is 0.0236. The van der Waals surface area contributed by atoms with Gasteiger partial charge in [-0.1, -0.05) is 121 Å². The fraction of sp³-hybridized carbons (Fsp3) is 0.218. The Hall–Kier alpha value is -8.89. The Labute approximate surface area is 418 Å². The molecule has 5 amide bonds. The fourth-order valence-electron chi connectivity index (χ4n) is 10.2. The lowest BCUT2D eigenvalue weighted by molar-refractivity contribution is -0.384. The van der Waals surface area contributed by atoms with Crippen LogP contribution in [0.5, 0.6) is 5.75 Å². The number of para-hydroxylation sites is 1. The highest BCUT2D eigenvalue weighted by Gasteiger charge is 2.76. The number of aliphatic hydroxyl groups excluding tert-OH is 2. The molecule has 18 heteroatoms. The maximum absolute atomic E-state index is 16.6. The summed E-state index contributed by atoms with van der Waals surface area (Å²) >= 11 is 0. The molecule has 2 fully saturated rings. The molecule has 7 atom stereocenters. The minimum Gasteiger partial charge on any atom is -0.491 e. The Morgan fingerprint density at radius 3 is 2.16 bits per heavy atom. The van der Waals surface area contributed by atoms with E-state index in [2.05, 4.69) is 22.5 Å². The Bertz CT molecular complexity index is 3110. The third kappa shape index (κ3) is 9.43. The number of nitrogens with one attached hydrogen (secondary N) is 2. The van der Waals surface area contributed by atoms with Gasteiger partial charge in [-0.25, -0.2) is 14.5 Å². The second-order valence-electron chi connectivity index (χ2n) is 17.4. The van der Waals surface area contributed by atoms with Crippen molar-refractivity contribution in [1.82, 2.24) is 15.5 Å². The molecule has 6 N–H and O–H groups in total. The number of hydrogen-bond acceptors (Lipinski definition) is 13. The smallest absolute Gasteiger partial charge is 0.421 e. The van der Waals surface area contributed by atoms with E-state index in [4.69, 9.17) is 19.9 Å². The monoisotopic (exact) mass is 984 g/mol. The Kier molecular flexibility index (Phi) is 14.3. The molecule has 9 rings (SSSR count). The van der Waals surface area contributed by atoms with Crippen LogP contribution < -0.4 is 26.0 Å². The van der Waals surface area contributed by atoms with Crippen LogP contribution in [-0.2, 0) is 35.9 Å². The van der Waals surface area contributed by atoms with Crippen LogP contribution in [0.1, 0.15) is 63.2 Å². The highest BCUT2D eigenvalue weighted by atomic mass is 16.6. The number of imide groups is 1. The minimum atomic E-state index is -2.30. The summed E-state index contributed by atoms with van der Waals surface area (Å²) in [7, 11) is 0. The number of cyclic esters (lactones) is 1. The molecule has 3 aliphatic rings. The van der Waals surface area contributed by atoms with Gasteiger partial charge >= 0.3 is 18.1 Å². The average molecular weight is 985 g/mol. The number of carbonyl (C=O) groups excluding carboxylic acids is 5. The zero-order chi connectivity index (χ0) is 51.2. The van der Waals surface area contributed by atoms with Crippen LogP contribution in [-0.4, -0.2) is 82.3 Å². The predicted molar refractivity (Wildman–Crippen MR) is 263 cm³/mol. The van der Waals surface area contributed by atoms with Gasteiger partial charge in [0.1, 0.15) is 36.5 Å². The molecule has 0 unspecified atom stereocenters. The van der Waals surface area contributed by atoms with Gasteiger partial charge in [0.15, 0.2) is 0 Å². The van der Waals surface area contributed by atoms with Gasteiger partial charge in [-0.15, -0.1) is 0 Å². The number of anilines is 1. The highest BCUT2D eigenvalue weighted by molar-refractivity contribution is 6.23. The molecule has 0 aliphatic carbocycles. The molecular weight excluding hydrogens is 937 g/mol. The van der Waals surface area contributed by atoms with Crippen molar-refractivity contribution in [2.75, 3.05) is 31.2 Å². The van der Waals surface area contributed by atoms with Gasteiger partial charge in [0.25, 0.3) is 5.69 Å². The SMILES string of the molecule is NC(=O)NCC#Cc1ccc2c(c1)[C@]1(C(=O)N2C(=O)OCc2ccc([N+](=O)[O-])cc2)[C@H](C(=O)NC[C@H](O)c2ccccc2)[C@H]2C(=O)O[C@H](c3ccccc3)[C@H](c3ccccc3)N2[C@@H]1c1ccccc1OCCO. The van der Waals surface area contributed by atoms with E-state index >= 15 is 14.4 Å². The summed E-state index contributed by atoms with van der Waals surface area (Å²) in [6.07, 6.45) is -3.47. The van der Waals surface area contributed by atoms with Crippen LogP contribution in [0.15, 0.2) is 158 Å². The fourth-order valence-corrected chi connectivity index (χ4v) is 10.2. The number of aliphatic hydroxyl groups is 2. The summed E-state index contributed by atoms with van der Waals surface area (Å²) in [5.74, 6) is 1.53. The number of nitro benzene ring substituents is 1. The van der Waals surface area contributed by atoms with Crippen LogP contribution in [0.3, 0.4) is 0 Å². The number of non-ortho nitro benzene ring substituents is 1. The van der Waals surface area contributed by atoms with E-state index in [1.165, 1.54) is 36.4 Å². The predicted octanol–water partition coefficient (Wildman–Crippen LogP) is 5.84. The quantitative estimate of drug-likeness (QED) is 0.0373. The van der Waals surface area contributed by atoms with Crippen molar-refractivity contribution in [1.29, 1.82) is 0 Å². The summed E-state index contributed by atoms with van der Waals surface area (Å²) in [5, 5.41) is 38.3. The second kappa shape index (κ2) is 21.2. The molecule has 0 radical (unpaired) electrons. The number of primary amides is 1. The van der Waals surface area contributed by atoms with E-state index in [0.717, 1.165) is 4.90 Å². The number of carbonyl (C=O) groups is 5. The number of fused-ring (bicyclic) bond motifs is 3. The van der Waals surface area contributed by atoms with Gasteiger partial charge in [0, 0.05) is 29.8 Å². The molecule has 73 heavy (non-hydrogen) atoms. The largest absolute Gasteiger partial charge is 0.491 e. The summed E-state index contributed by atoms with van der Waals surface area (Å²) in [6, 6.07) is 38.5. The number of nitrogens with zero attached hydrogens (tertiary/aromatic N) is 3. The van der Waals surface area contributed by atoms with Gasteiger partial charge < -0.3 is 40.8 Å². The van der Waals surface area contributed by atoms with Crippen molar-refractivity contribution in [2.45, 2.75) is 42.4 Å². The van der Waals surface area contributed by atoms with E-state index in [0.29, 0.717) is 27.8 Å². The van der Waals surface area contributed by atoms with E-state index in [1.807, 2.05) is 36.4 Å². The lowest BCUT2D eigenvalue weighted by Gasteiger charge is -2.46. The zero-order valence-corrected chi connectivity index (χ0v) is 38.9. The highest BCUT2D eigenvalue weighted by Crippen LogP contribution is 2.66. The number of urea groups is 1. The number of nitrogens with two attached hydrogens (primary N) is 1. The van der Waals surface area contributed by atoms with Crippen LogP contribution in [0.4, 0.5) is 21.0 Å². The molecule has 6 aromatic rings. The number of amides is 5. The molecule has 370 valence electrons. The Balaban J connectivity index is 1.31. The van der Waals surface area contributed by atoms with Crippen LogP contribution in [0, 0.1) is 27.9 Å². The van der Waals surface area contributed by atoms with Gasteiger partial charge in [-0.05, 0) is 64.2 Å². The number of benzene rings is 6. The second-order valence-corrected chi connectivity index (χ2v) is 17.4. The molecule has 6 aromatic carbocycles. The number of morpholine rings is 1. The molecule has 0 saturated carbocycles. The van der Waals surface area contributed by atoms with E-state index in [1.54, 1.807) is 89.8 Å². The van der Waals surface area contributed by atoms with Crippen LogP contribution >= 0.6 is 0 Å². The van der Waals surface area contributed by atoms with Crippen LogP contribution in [0.2, 0.25) is 0 Å². The Morgan fingerprint density at radius 2 is 1.49 bits per heavy atom. The topological polar surface area (TPSA) is 253 Å². The lowest BCUT2D eigenvalue weighted by Crippen LogP contribution is -2.56. The van der Waals surface area contributed by atoms with E-state index < -0.39 is 89.7 Å². The first kappa shape index (κ1) is 49.1. The first-order valence-corrected chi connectivity index (χ1v) is 23.3. The summed E-state index contributed by atoms with van der Waals surface area (Å²) in [5.41, 5.74) is 5.51. The maximum atomic E-state index is 16.6. The van der Waals surface area contributed by atoms with E-state index in [-0.39, 0.29) is 47.9 Å². The van der Waals surface area contributed by atoms with Gasteiger partial charge in [-0.3, -0.25) is 29.4 Å². The number of ether oxygens (including phenoxy) is 3. The molecule has 3 heterocycles. The van der Waals surface area contributed by atoms with Crippen LogP contribution in [0.25, 0.3) is 0 Å².